The number of aromatic nitrogens is 3. The third-order valence-corrected chi connectivity index (χ3v) is 5.76. The summed E-state index contributed by atoms with van der Waals surface area (Å²) in [5, 5.41) is 4.54. The number of H-pyrrole nitrogens is 1. The number of hydrogen-bond acceptors (Lipinski definition) is 7. The first-order valence-corrected chi connectivity index (χ1v) is 11.2. The van der Waals surface area contributed by atoms with Crippen LogP contribution in [-0.4, -0.2) is 77.1 Å². The summed E-state index contributed by atoms with van der Waals surface area (Å²) in [5.74, 6) is 2.13. The number of carbonyl (C=O) groups excluding carboxylic acids is 1. The van der Waals surface area contributed by atoms with Gasteiger partial charge in [0.25, 0.3) is 5.91 Å². The van der Waals surface area contributed by atoms with Gasteiger partial charge in [-0.1, -0.05) is 13.0 Å². The van der Waals surface area contributed by atoms with Crippen molar-refractivity contribution in [1.82, 2.24) is 24.8 Å². The van der Waals surface area contributed by atoms with Crippen LogP contribution in [0.2, 0.25) is 0 Å². The van der Waals surface area contributed by atoms with Crippen LogP contribution < -0.4 is 5.32 Å². The number of ether oxygens (including phenoxy) is 2. The minimum atomic E-state index is -0.0432. The molecule has 0 aromatic carbocycles. The van der Waals surface area contributed by atoms with Crippen LogP contribution in [0.5, 0.6) is 0 Å². The van der Waals surface area contributed by atoms with Crippen LogP contribution in [0.15, 0.2) is 36.2 Å². The second-order valence-electron chi connectivity index (χ2n) is 8.41. The van der Waals surface area contributed by atoms with Gasteiger partial charge in [-0.15, -0.1) is 0 Å². The fourth-order valence-corrected chi connectivity index (χ4v) is 4.00. The zero-order valence-corrected chi connectivity index (χ0v) is 19.1. The molecule has 1 aliphatic carbocycles. The zero-order valence-electron chi connectivity index (χ0n) is 19.1. The fourth-order valence-electron chi connectivity index (χ4n) is 4.00. The van der Waals surface area contributed by atoms with E-state index < -0.39 is 0 Å². The fraction of sp³-hybridized carbons (Fsp3) is 0.522. The van der Waals surface area contributed by atoms with Crippen molar-refractivity contribution in [3.8, 4) is 0 Å². The molecule has 2 aliphatic rings. The Balaban J connectivity index is 1.65. The van der Waals surface area contributed by atoms with Gasteiger partial charge in [0.05, 0.1) is 18.0 Å². The van der Waals surface area contributed by atoms with Crippen LogP contribution in [0.3, 0.4) is 0 Å². The number of likely N-dealkylation sites (N-methyl/N-ethyl adjacent to an activating group) is 1. The normalized spacial score (nSPS) is 20.9. The molecule has 32 heavy (non-hydrogen) atoms. The van der Waals surface area contributed by atoms with Crippen molar-refractivity contribution in [2.75, 3.05) is 45.7 Å². The number of allylic oxidation sites excluding steroid dienone is 1. The Morgan fingerprint density at radius 3 is 3.00 bits per heavy atom. The summed E-state index contributed by atoms with van der Waals surface area (Å²) in [4.78, 5) is 28.8. The van der Waals surface area contributed by atoms with Crippen LogP contribution in [0.4, 0.5) is 5.82 Å². The predicted molar refractivity (Wildman–Crippen MR) is 123 cm³/mol. The maximum absolute atomic E-state index is 12.6. The molecule has 0 fully saturated rings. The van der Waals surface area contributed by atoms with Crippen molar-refractivity contribution in [2.24, 2.45) is 0 Å². The number of nitrogens with one attached hydrogen (secondary N) is 2. The standard InChI is InChI=1S/C23H32N6O3/c1-4-10-31-18-7-6-17-11-19(18)32-14-20(30)29(3)9-5-8-28(2)13-16-12-24-22-21(16)23(27-17)26-15-25-22/h6-7,12,15,17H,4-5,8-11,13-14H2,1-3H3,(H2,24,25,26,27). The summed E-state index contributed by atoms with van der Waals surface area (Å²) >= 11 is 0. The van der Waals surface area contributed by atoms with Crippen molar-refractivity contribution in [3.05, 3.63) is 41.8 Å². The van der Waals surface area contributed by atoms with Crippen LogP contribution >= 0.6 is 0 Å². The summed E-state index contributed by atoms with van der Waals surface area (Å²) in [5.41, 5.74) is 1.96. The van der Waals surface area contributed by atoms with Gasteiger partial charge in [-0.05, 0) is 38.1 Å². The number of hydrogen-bond donors (Lipinski definition) is 2. The van der Waals surface area contributed by atoms with Gasteiger partial charge in [0.15, 0.2) is 12.4 Å². The highest BCUT2D eigenvalue weighted by molar-refractivity contribution is 5.90. The molecule has 2 aromatic rings. The Bertz CT molecular complexity index is 1010. The summed E-state index contributed by atoms with van der Waals surface area (Å²) in [7, 11) is 3.91. The quantitative estimate of drug-likeness (QED) is 0.758. The molecule has 0 saturated heterocycles. The molecule has 0 spiro atoms. The summed E-state index contributed by atoms with van der Waals surface area (Å²) in [6.45, 7) is 4.98. The van der Waals surface area contributed by atoms with Gasteiger partial charge >= 0.3 is 0 Å². The number of carbonyl (C=O) groups is 1. The molecular weight excluding hydrogens is 408 g/mol. The highest BCUT2D eigenvalue weighted by Gasteiger charge is 2.23. The second-order valence-corrected chi connectivity index (χ2v) is 8.41. The molecule has 9 heteroatoms. The smallest absolute Gasteiger partial charge is 0.260 e. The highest BCUT2D eigenvalue weighted by atomic mass is 16.5. The number of nitrogens with zero attached hydrogens (tertiary/aromatic N) is 4. The molecule has 0 radical (unpaired) electrons. The van der Waals surface area contributed by atoms with E-state index in [1.165, 1.54) is 0 Å². The number of fused-ring (bicyclic) bond motifs is 2. The molecule has 3 heterocycles. The molecule has 1 atom stereocenters. The molecular formula is C23H32N6O3. The number of rotatable bonds is 3. The first-order valence-electron chi connectivity index (χ1n) is 11.2. The number of anilines is 1. The van der Waals surface area contributed by atoms with E-state index >= 15 is 0 Å². The molecule has 2 N–H and O–H groups in total. The van der Waals surface area contributed by atoms with E-state index in [2.05, 4.69) is 45.2 Å². The van der Waals surface area contributed by atoms with E-state index in [-0.39, 0.29) is 18.6 Å². The van der Waals surface area contributed by atoms with Crippen molar-refractivity contribution >= 4 is 22.8 Å². The maximum atomic E-state index is 12.6. The number of amides is 1. The molecule has 1 amide bonds. The van der Waals surface area contributed by atoms with Gasteiger partial charge in [0, 0.05) is 32.8 Å². The monoisotopic (exact) mass is 440 g/mol. The van der Waals surface area contributed by atoms with E-state index in [0.29, 0.717) is 31.1 Å². The average Bonchev–Trinajstić information content (AvgIpc) is 3.19. The van der Waals surface area contributed by atoms with Crippen molar-refractivity contribution in [2.45, 2.75) is 38.8 Å². The van der Waals surface area contributed by atoms with Gasteiger partial charge in [0.2, 0.25) is 0 Å². The van der Waals surface area contributed by atoms with Crippen LogP contribution in [0.25, 0.3) is 11.0 Å². The molecule has 2 bridgehead atoms. The summed E-state index contributed by atoms with van der Waals surface area (Å²) in [6, 6.07) is -0.0432. The van der Waals surface area contributed by atoms with Gasteiger partial charge in [-0.3, -0.25) is 4.79 Å². The van der Waals surface area contributed by atoms with Crippen molar-refractivity contribution < 1.29 is 14.3 Å². The highest BCUT2D eigenvalue weighted by Crippen LogP contribution is 2.28. The van der Waals surface area contributed by atoms with Gasteiger partial charge in [-0.25, -0.2) is 9.97 Å². The van der Waals surface area contributed by atoms with E-state index in [4.69, 9.17) is 9.47 Å². The Morgan fingerprint density at radius 1 is 1.28 bits per heavy atom. The third kappa shape index (κ3) is 5.04. The lowest BCUT2D eigenvalue weighted by Crippen LogP contribution is -2.33. The third-order valence-electron chi connectivity index (χ3n) is 5.76. The van der Waals surface area contributed by atoms with Crippen LogP contribution in [0.1, 0.15) is 31.7 Å². The Hall–Kier alpha value is -3.07. The van der Waals surface area contributed by atoms with E-state index in [1.807, 2.05) is 19.3 Å². The SMILES string of the molecule is CCCOC1=C2CC(C=C1)Nc1ncnc3[nH]cc(c13)CN(C)CCCN(C)C(=O)CO2. The van der Waals surface area contributed by atoms with E-state index in [9.17, 15) is 4.79 Å². The molecule has 9 nitrogen and oxygen atoms in total. The van der Waals surface area contributed by atoms with E-state index in [0.717, 1.165) is 48.3 Å². The maximum Gasteiger partial charge on any atom is 0.260 e. The lowest BCUT2D eigenvalue weighted by atomic mass is 10.1. The van der Waals surface area contributed by atoms with Crippen molar-refractivity contribution in [3.63, 3.8) is 0 Å². The van der Waals surface area contributed by atoms with Gasteiger partial charge in [-0.2, -0.15) is 0 Å². The topological polar surface area (TPSA) is 95.6 Å². The lowest BCUT2D eigenvalue weighted by molar-refractivity contribution is -0.133. The minimum Gasteiger partial charge on any atom is -0.490 e. The molecule has 1 aliphatic heterocycles. The van der Waals surface area contributed by atoms with E-state index in [1.54, 1.807) is 11.2 Å². The molecule has 0 saturated carbocycles. The molecule has 1 unspecified atom stereocenters. The van der Waals surface area contributed by atoms with Crippen LogP contribution in [0, 0.1) is 0 Å². The first-order chi connectivity index (χ1) is 15.5. The lowest BCUT2D eigenvalue weighted by Gasteiger charge is -2.26. The number of aromatic amines is 1. The minimum absolute atomic E-state index is 0.000921. The Morgan fingerprint density at radius 2 is 2.16 bits per heavy atom. The Labute approximate surface area is 188 Å². The largest absolute Gasteiger partial charge is 0.490 e. The Kier molecular flexibility index (Phi) is 6.94. The summed E-state index contributed by atoms with van der Waals surface area (Å²) < 4.78 is 11.9. The molecule has 172 valence electrons. The van der Waals surface area contributed by atoms with Crippen LogP contribution in [-0.2, 0) is 20.8 Å². The summed E-state index contributed by atoms with van der Waals surface area (Å²) in [6.07, 6.45) is 9.89. The second kappa shape index (κ2) is 10.0. The van der Waals surface area contributed by atoms with Gasteiger partial charge < -0.3 is 29.6 Å². The average molecular weight is 441 g/mol. The van der Waals surface area contributed by atoms with Gasteiger partial charge in [0.1, 0.15) is 23.6 Å². The molecule has 4 rings (SSSR count). The van der Waals surface area contributed by atoms with Crippen molar-refractivity contribution in [1.29, 1.82) is 0 Å². The molecule has 2 aromatic heterocycles. The first kappa shape index (κ1) is 22.1. The predicted octanol–water partition coefficient (Wildman–Crippen LogP) is 2.65. The zero-order chi connectivity index (χ0) is 22.5.